The highest BCUT2D eigenvalue weighted by atomic mass is 16.6. The van der Waals surface area contributed by atoms with Crippen molar-refractivity contribution < 1.29 is 4.92 Å². The minimum absolute atomic E-state index is 0.0605. The van der Waals surface area contributed by atoms with Crippen LogP contribution >= 0.6 is 0 Å². The topological polar surface area (TPSA) is 83.3 Å². The summed E-state index contributed by atoms with van der Waals surface area (Å²) in [4.78, 5) is 13.2. The lowest BCUT2D eigenvalue weighted by Gasteiger charge is -1.99. The van der Waals surface area contributed by atoms with Gasteiger partial charge in [-0.15, -0.1) is 0 Å². The maximum absolute atomic E-state index is 10.5. The van der Waals surface area contributed by atoms with Gasteiger partial charge in [0.2, 0.25) is 0 Å². The number of H-pyrrole nitrogens is 1. The molecule has 0 saturated heterocycles. The van der Waals surface area contributed by atoms with Crippen molar-refractivity contribution in [2.24, 2.45) is 5.10 Å². The van der Waals surface area contributed by atoms with Crippen LogP contribution in [0.15, 0.2) is 35.4 Å². The second-order valence-electron chi connectivity index (χ2n) is 4.22. The molecule has 0 bridgehead atoms. The van der Waals surface area contributed by atoms with Crippen LogP contribution in [0, 0.1) is 24.0 Å². The molecule has 98 valence electrons. The highest BCUT2D eigenvalue weighted by Crippen LogP contribution is 2.15. The SMILES string of the molecule is Cc1cc(C)c(/C=N/Nc2ccc([N+](=O)[O-])cc2)[nH]1. The quantitative estimate of drug-likeness (QED) is 0.502. The molecule has 0 aliphatic heterocycles. The van der Waals surface area contributed by atoms with E-state index in [2.05, 4.69) is 15.5 Å². The Morgan fingerprint density at radius 3 is 2.53 bits per heavy atom. The van der Waals surface area contributed by atoms with Crippen molar-refractivity contribution in [3.05, 3.63) is 57.4 Å². The predicted octanol–water partition coefficient (Wildman–Crippen LogP) is 2.99. The van der Waals surface area contributed by atoms with Crippen molar-refractivity contribution >= 4 is 17.6 Å². The molecule has 2 rings (SSSR count). The first-order valence-electron chi connectivity index (χ1n) is 5.76. The molecule has 0 atom stereocenters. The number of aromatic amines is 1. The van der Waals surface area contributed by atoms with E-state index < -0.39 is 4.92 Å². The van der Waals surface area contributed by atoms with Gasteiger partial charge in [0.05, 0.1) is 22.5 Å². The highest BCUT2D eigenvalue weighted by Gasteiger charge is 2.03. The van der Waals surface area contributed by atoms with Gasteiger partial charge in [-0.3, -0.25) is 15.5 Å². The van der Waals surface area contributed by atoms with E-state index in [1.54, 1.807) is 18.3 Å². The van der Waals surface area contributed by atoms with Crippen molar-refractivity contribution in [1.29, 1.82) is 0 Å². The fourth-order valence-electron chi connectivity index (χ4n) is 1.71. The first-order chi connectivity index (χ1) is 9.06. The van der Waals surface area contributed by atoms with Gasteiger partial charge in [-0.2, -0.15) is 5.10 Å². The summed E-state index contributed by atoms with van der Waals surface area (Å²) in [5.41, 5.74) is 6.71. The number of hydrogen-bond donors (Lipinski definition) is 2. The summed E-state index contributed by atoms with van der Waals surface area (Å²) in [6.07, 6.45) is 1.68. The molecular formula is C13H14N4O2. The summed E-state index contributed by atoms with van der Waals surface area (Å²) in [5.74, 6) is 0. The minimum Gasteiger partial charge on any atom is -0.358 e. The van der Waals surface area contributed by atoms with E-state index in [9.17, 15) is 10.1 Å². The number of hydrogen-bond acceptors (Lipinski definition) is 4. The molecule has 6 heteroatoms. The van der Waals surface area contributed by atoms with Crippen LogP contribution in [0.3, 0.4) is 0 Å². The third kappa shape index (κ3) is 3.19. The molecule has 1 aromatic carbocycles. The smallest absolute Gasteiger partial charge is 0.269 e. The van der Waals surface area contributed by atoms with E-state index in [-0.39, 0.29) is 5.69 Å². The number of rotatable bonds is 4. The number of nitro groups is 1. The molecule has 1 heterocycles. The Morgan fingerprint density at radius 2 is 2.00 bits per heavy atom. The van der Waals surface area contributed by atoms with Gasteiger partial charge in [-0.05, 0) is 37.6 Å². The number of nitro benzene ring substituents is 1. The van der Waals surface area contributed by atoms with Gasteiger partial charge < -0.3 is 4.98 Å². The zero-order chi connectivity index (χ0) is 13.8. The molecule has 0 amide bonds. The second kappa shape index (κ2) is 5.34. The van der Waals surface area contributed by atoms with E-state index >= 15 is 0 Å². The van der Waals surface area contributed by atoms with E-state index in [0.717, 1.165) is 17.0 Å². The molecule has 19 heavy (non-hydrogen) atoms. The van der Waals surface area contributed by atoms with Crippen molar-refractivity contribution in [2.75, 3.05) is 5.43 Å². The molecule has 1 aromatic heterocycles. The Balaban J connectivity index is 2.02. The Kier molecular flexibility index (Phi) is 3.61. The first-order valence-corrected chi connectivity index (χ1v) is 5.76. The van der Waals surface area contributed by atoms with Crippen LogP contribution in [0.25, 0.3) is 0 Å². The van der Waals surface area contributed by atoms with Gasteiger partial charge in [-0.25, -0.2) is 0 Å². The number of benzene rings is 1. The summed E-state index contributed by atoms with van der Waals surface area (Å²) in [7, 11) is 0. The van der Waals surface area contributed by atoms with Gasteiger partial charge in [0.25, 0.3) is 5.69 Å². The molecule has 0 spiro atoms. The predicted molar refractivity (Wildman–Crippen MR) is 74.6 cm³/mol. The number of aromatic nitrogens is 1. The zero-order valence-electron chi connectivity index (χ0n) is 10.7. The summed E-state index contributed by atoms with van der Waals surface area (Å²) >= 11 is 0. The number of hydrazone groups is 1. The van der Waals surface area contributed by atoms with Crippen LogP contribution in [0.4, 0.5) is 11.4 Å². The Morgan fingerprint density at radius 1 is 1.32 bits per heavy atom. The molecule has 0 saturated carbocycles. The average molecular weight is 258 g/mol. The van der Waals surface area contributed by atoms with Gasteiger partial charge in [0.1, 0.15) is 0 Å². The highest BCUT2D eigenvalue weighted by molar-refractivity contribution is 5.80. The van der Waals surface area contributed by atoms with Gasteiger partial charge in [-0.1, -0.05) is 0 Å². The third-order valence-electron chi connectivity index (χ3n) is 2.66. The monoisotopic (exact) mass is 258 g/mol. The lowest BCUT2D eigenvalue weighted by atomic mass is 10.3. The van der Waals surface area contributed by atoms with Crippen LogP contribution in [0.5, 0.6) is 0 Å². The molecular weight excluding hydrogens is 244 g/mol. The van der Waals surface area contributed by atoms with E-state index in [4.69, 9.17) is 0 Å². The van der Waals surface area contributed by atoms with Gasteiger partial charge >= 0.3 is 0 Å². The Labute approximate surface area is 110 Å². The summed E-state index contributed by atoms with van der Waals surface area (Å²) in [6, 6.07) is 8.13. The number of aryl methyl sites for hydroxylation is 2. The molecule has 0 aliphatic rings. The first kappa shape index (κ1) is 12.8. The molecule has 2 aromatic rings. The molecule has 0 unspecified atom stereocenters. The molecule has 0 radical (unpaired) electrons. The number of non-ortho nitro benzene ring substituents is 1. The van der Waals surface area contributed by atoms with E-state index in [1.165, 1.54) is 12.1 Å². The fraction of sp³-hybridized carbons (Fsp3) is 0.154. The van der Waals surface area contributed by atoms with Gasteiger partial charge in [0, 0.05) is 17.8 Å². The third-order valence-corrected chi connectivity index (χ3v) is 2.66. The zero-order valence-corrected chi connectivity index (χ0v) is 10.7. The number of nitrogens with one attached hydrogen (secondary N) is 2. The minimum atomic E-state index is -0.432. The number of nitrogens with zero attached hydrogens (tertiary/aromatic N) is 2. The fourth-order valence-corrected chi connectivity index (χ4v) is 1.71. The largest absolute Gasteiger partial charge is 0.358 e. The standard InChI is InChI=1S/C13H14N4O2/c1-9-7-10(2)15-13(9)8-14-16-11-3-5-12(6-4-11)17(18)19/h3-8,15-16H,1-2H3/b14-8+. The van der Waals surface area contributed by atoms with Gasteiger partial charge in [0.15, 0.2) is 0 Å². The number of anilines is 1. The summed E-state index contributed by atoms with van der Waals surface area (Å²) in [6.45, 7) is 3.98. The van der Waals surface area contributed by atoms with E-state index in [1.807, 2.05) is 19.9 Å². The second-order valence-corrected chi connectivity index (χ2v) is 4.22. The Hall–Kier alpha value is -2.63. The Bertz CT molecular complexity index is 614. The lowest BCUT2D eigenvalue weighted by Crippen LogP contribution is -1.93. The van der Waals surface area contributed by atoms with Crippen LogP contribution < -0.4 is 5.43 Å². The van der Waals surface area contributed by atoms with Crippen molar-refractivity contribution in [3.63, 3.8) is 0 Å². The normalized spacial score (nSPS) is 10.8. The maximum atomic E-state index is 10.5. The van der Waals surface area contributed by atoms with Crippen molar-refractivity contribution in [1.82, 2.24) is 4.98 Å². The maximum Gasteiger partial charge on any atom is 0.269 e. The van der Waals surface area contributed by atoms with Crippen LogP contribution in [-0.4, -0.2) is 16.1 Å². The average Bonchev–Trinajstić information content (AvgIpc) is 2.68. The van der Waals surface area contributed by atoms with E-state index in [0.29, 0.717) is 5.69 Å². The molecule has 6 nitrogen and oxygen atoms in total. The van der Waals surface area contributed by atoms with Crippen LogP contribution in [-0.2, 0) is 0 Å². The van der Waals surface area contributed by atoms with Crippen LogP contribution in [0.1, 0.15) is 17.0 Å². The summed E-state index contributed by atoms with van der Waals surface area (Å²) < 4.78 is 0. The lowest BCUT2D eigenvalue weighted by molar-refractivity contribution is -0.384. The molecule has 0 fully saturated rings. The summed E-state index contributed by atoms with van der Waals surface area (Å²) in [5, 5.41) is 14.6. The molecule has 2 N–H and O–H groups in total. The molecule has 0 aliphatic carbocycles. The van der Waals surface area contributed by atoms with Crippen molar-refractivity contribution in [3.8, 4) is 0 Å². The van der Waals surface area contributed by atoms with Crippen molar-refractivity contribution in [2.45, 2.75) is 13.8 Å². The van der Waals surface area contributed by atoms with Crippen LogP contribution in [0.2, 0.25) is 0 Å².